The number of aryl methyl sites for hydroxylation is 1. The van der Waals surface area contributed by atoms with Crippen LogP contribution < -0.4 is 0 Å². The third kappa shape index (κ3) is 2.02. The fraction of sp³-hybridized carbons (Fsp3) is 0.444. The molecular weight excluding hydrogens is 168 g/mol. The van der Waals surface area contributed by atoms with Crippen LogP contribution in [0.3, 0.4) is 0 Å². The zero-order chi connectivity index (χ0) is 9.84. The standard InChI is InChI=1S/C9H12N2O2/c1-4-13-9(12)8-5-10-11-7(3)6(8)2/h5H,4H2,1-3H3. The molecule has 1 aromatic rings. The molecule has 0 saturated carbocycles. The summed E-state index contributed by atoms with van der Waals surface area (Å²) in [6.45, 7) is 5.79. The first kappa shape index (κ1) is 9.64. The molecule has 0 spiro atoms. The van der Waals surface area contributed by atoms with Crippen molar-refractivity contribution in [3.63, 3.8) is 0 Å². The van der Waals surface area contributed by atoms with E-state index in [1.54, 1.807) is 6.92 Å². The van der Waals surface area contributed by atoms with Gasteiger partial charge >= 0.3 is 5.97 Å². The molecule has 0 saturated heterocycles. The van der Waals surface area contributed by atoms with Gasteiger partial charge in [-0.3, -0.25) is 0 Å². The van der Waals surface area contributed by atoms with Crippen LogP contribution in [0.2, 0.25) is 0 Å². The van der Waals surface area contributed by atoms with E-state index in [0.717, 1.165) is 11.3 Å². The minimum atomic E-state index is -0.335. The van der Waals surface area contributed by atoms with Crippen molar-refractivity contribution < 1.29 is 9.53 Å². The molecule has 4 heteroatoms. The van der Waals surface area contributed by atoms with Gasteiger partial charge in [-0.1, -0.05) is 0 Å². The molecule has 0 aliphatic rings. The zero-order valence-corrected chi connectivity index (χ0v) is 8.00. The second-order valence-electron chi connectivity index (χ2n) is 2.69. The van der Waals surface area contributed by atoms with E-state index in [1.165, 1.54) is 6.20 Å². The third-order valence-electron chi connectivity index (χ3n) is 1.84. The van der Waals surface area contributed by atoms with E-state index in [0.29, 0.717) is 12.2 Å². The maximum absolute atomic E-state index is 11.3. The summed E-state index contributed by atoms with van der Waals surface area (Å²) in [5.74, 6) is -0.335. The van der Waals surface area contributed by atoms with Crippen LogP contribution in [-0.4, -0.2) is 22.8 Å². The summed E-state index contributed by atoms with van der Waals surface area (Å²) >= 11 is 0. The predicted molar refractivity (Wildman–Crippen MR) is 47.5 cm³/mol. The molecule has 13 heavy (non-hydrogen) atoms. The van der Waals surface area contributed by atoms with Crippen LogP contribution in [0.5, 0.6) is 0 Å². The average Bonchev–Trinajstić information content (AvgIpc) is 2.10. The number of nitrogens with zero attached hydrogens (tertiary/aromatic N) is 2. The molecule has 0 bridgehead atoms. The van der Waals surface area contributed by atoms with Gasteiger partial charge in [-0.15, -0.1) is 0 Å². The van der Waals surface area contributed by atoms with Gasteiger partial charge in [0, 0.05) is 0 Å². The Morgan fingerprint density at radius 1 is 1.54 bits per heavy atom. The van der Waals surface area contributed by atoms with Crippen molar-refractivity contribution in [2.45, 2.75) is 20.8 Å². The normalized spacial score (nSPS) is 9.77. The lowest BCUT2D eigenvalue weighted by atomic mass is 10.1. The Morgan fingerprint density at radius 3 is 2.85 bits per heavy atom. The van der Waals surface area contributed by atoms with Crippen molar-refractivity contribution in [1.29, 1.82) is 0 Å². The molecule has 1 aromatic heterocycles. The molecule has 1 rings (SSSR count). The van der Waals surface area contributed by atoms with Gasteiger partial charge in [-0.25, -0.2) is 4.79 Å². The van der Waals surface area contributed by atoms with Crippen LogP contribution in [0.25, 0.3) is 0 Å². The van der Waals surface area contributed by atoms with Gasteiger partial charge in [-0.2, -0.15) is 10.2 Å². The highest BCUT2D eigenvalue weighted by Crippen LogP contribution is 2.09. The molecule has 0 atom stereocenters. The van der Waals surface area contributed by atoms with Gasteiger partial charge < -0.3 is 4.74 Å². The van der Waals surface area contributed by atoms with E-state index >= 15 is 0 Å². The summed E-state index contributed by atoms with van der Waals surface area (Å²) in [5.41, 5.74) is 2.08. The second-order valence-corrected chi connectivity index (χ2v) is 2.69. The van der Waals surface area contributed by atoms with Crippen molar-refractivity contribution >= 4 is 5.97 Å². The highest BCUT2D eigenvalue weighted by Gasteiger charge is 2.11. The number of carbonyl (C=O) groups excluding carboxylic acids is 1. The highest BCUT2D eigenvalue weighted by atomic mass is 16.5. The van der Waals surface area contributed by atoms with Gasteiger partial charge in [0.25, 0.3) is 0 Å². The van der Waals surface area contributed by atoms with Crippen molar-refractivity contribution in [1.82, 2.24) is 10.2 Å². The second kappa shape index (κ2) is 3.98. The number of ether oxygens (including phenoxy) is 1. The van der Waals surface area contributed by atoms with E-state index in [4.69, 9.17) is 4.74 Å². The van der Waals surface area contributed by atoms with Gasteiger partial charge in [-0.05, 0) is 26.3 Å². The van der Waals surface area contributed by atoms with Crippen LogP contribution in [-0.2, 0) is 4.74 Å². The van der Waals surface area contributed by atoms with Crippen molar-refractivity contribution in [2.24, 2.45) is 0 Å². The fourth-order valence-corrected chi connectivity index (χ4v) is 0.955. The summed E-state index contributed by atoms with van der Waals surface area (Å²) in [5, 5.41) is 7.52. The Balaban J connectivity index is 3.01. The summed E-state index contributed by atoms with van der Waals surface area (Å²) in [4.78, 5) is 11.3. The Morgan fingerprint density at radius 2 is 2.23 bits per heavy atom. The molecule has 0 N–H and O–H groups in total. The number of esters is 1. The lowest BCUT2D eigenvalue weighted by Crippen LogP contribution is -2.09. The largest absolute Gasteiger partial charge is 0.462 e. The molecular formula is C9H12N2O2. The number of hydrogen-bond acceptors (Lipinski definition) is 4. The topological polar surface area (TPSA) is 52.1 Å². The lowest BCUT2D eigenvalue weighted by Gasteiger charge is -2.05. The van der Waals surface area contributed by atoms with Crippen molar-refractivity contribution in [3.05, 3.63) is 23.0 Å². The summed E-state index contributed by atoms with van der Waals surface area (Å²) in [6, 6.07) is 0. The molecule has 1 heterocycles. The van der Waals surface area contributed by atoms with Crippen molar-refractivity contribution in [2.75, 3.05) is 6.61 Å². The summed E-state index contributed by atoms with van der Waals surface area (Å²) in [7, 11) is 0. The predicted octanol–water partition coefficient (Wildman–Crippen LogP) is 1.27. The molecule has 0 radical (unpaired) electrons. The fourth-order valence-electron chi connectivity index (χ4n) is 0.955. The maximum atomic E-state index is 11.3. The molecule has 0 aromatic carbocycles. The molecule has 0 fully saturated rings. The monoisotopic (exact) mass is 180 g/mol. The first-order valence-electron chi connectivity index (χ1n) is 4.12. The van der Waals surface area contributed by atoms with E-state index in [9.17, 15) is 4.79 Å². The van der Waals surface area contributed by atoms with E-state index in [2.05, 4.69) is 10.2 Å². The van der Waals surface area contributed by atoms with Gasteiger partial charge in [0.1, 0.15) is 0 Å². The summed E-state index contributed by atoms with van der Waals surface area (Å²) in [6.07, 6.45) is 1.43. The van der Waals surface area contributed by atoms with Crippen LogP contribution >= 0.6 is 0 Å². The van der Waals surface area contributed by atoms with Crippen LogP contribution in [0, 0.1) is 13.8 Å². The van der Waals surface area contributed by atoms with Crippen LogP contribution in [0.1, 0.15) is 28.5 Å². The van der Waals surface area contributed by atoms with Crippen LogP contribution in [0.15, 0.2) is 6.20 Å². The quantitative estimate of drug-likeness (QED) is 0.643. The van der Waals surface area contributed by atoms with Gasteiger partial charge in [0.05, 0.1) is 24.1 Å². The molecule has 0 aliphatic carbocycles. The SMILES string of the molecule is CCOC(=O)c1cnnc(C)c1C. The number of hydrogen-bond donors (Lipinski definition) is 0. The maximum Gasteiger partial charge on any atom is 0.340 e. The van der Waals surface area contributed by atoms with E-state index in [-0.39, 0.29) is 5.97 Å². The molecule has 0 unspecified atom stereocenters. The molecule has 0 aliphatic heterocycles. The van der Waals surface area contributed by atoms with E-state index < -0.39 is 0 Å². The number of carbonyl (C=O) groups is 1. The minimum absolute atomic E-state index is 0.335. The third-order valence-corrected chi connectivity index (χ3v) is 1.84. The van der Waals surface area contributed by atoms with Crippen molar-refractivity contribution in [3.8, 4) is 0 Å². The highest BCUT2D eigenvalue weighted by molar-refractivity contribution is 5.90. The Labute approximate surface area is 76.9 Å². The number of aromatic nitrogens is 2. The average molecular weight is 180 g/mol. The Kier molecular flexibility index (Phi) is 2.95. The Bertz CT molecular complexity index is 323. The summed E-state index contributed by atoms with van der Waals surface area (Å²) < 4.78 is 4.86. The first-order valence-corrected chi connectivity index (χ1v) is 4.12. The molecule has 70 valence electrons. The smallest absolute Gasteiger partial charge is 0.340 e. The van der Waals surface area contributed by atoms with Gasteiger partial charge in [0.2, 0.25) is 0 Å². The first-order chi connectivity index (χ1) is 6.16. The molecule has 0 amide bonds. The number of rotatable bonds is 2. The zero-order valence-electron chi connectivity index (χ0n) is 8.00. The lowest BCUT2D eigenvalue weighted by molar-refractivity contribution is 0.0524. The van der Waals surface area contributed by atoms with E-state index in [1.807, 2.05) is 13.8 Å². The van der Waals surface area contributed by atoms with Crippen LogP contribution in [0.4, 0.5) is 0 Å². The molecule has 4 nitrogen and oxygen atoms in total. The van der Waals surface area contributed by atoms with Gasteiger partial charge in [0.15, 0.2) is 0 Å². The Hall–Kier alpha value is -1.45. The minimum Gasteiger partial charge on any atom is -0.462 e.